The highest BCUT2D eigenvalue weighted by molar-refractivity contribution is 6.83. The van der Waals surface area contributed by atoms with Gasteiger partial charge in [0.2, 0.25) is 0 Å². The van der Waals surface area contributed by atoms with E-state index in [9.17, 15) is 0 Å². The van der Waals surface area contributed by atoms with Crippen LogP contribution in [-0.4, -0.2) is 8.07 Å². The van der Waals surface area contributed by atoms with Crippen LogP contribution in [0.15, 0.2) is 11.6 Å². The van der Waals surface area contributed by atoms with Crippen molar-refractivity contribution in [3.63, 3.8) is 0 Å². The summed E-state index contributed by atoms with van der Waals surface area (Å²) in [5.74, 6) is 3.27. The Morgan fingerprint density at radius 2 is 1.92 bits per heavy atom. The van der Waals surface area contributed by atoms with Crippen molar-refractivity contribution in [3.05, 3.63) is 11.6 Å². The minimum Gasteiger partial charge on any atom is -0.132 e. The predicted molar refractivity (Wildman–Crippen MR) is 64.4 cm³/mol. The highest BCUT2D eigenvalue weighted by Crippen LogP contribution is 2.02. The molecule has 0 aliphatic carbocycles. The van der Waals surface area contributed by atoms with Crippen LogP contribution in [0.1, 0.15) is 33.1 Å². The first-order chi connectivity index (χ1) is 5.95. The molecule has 1 heteroatoms. The third-order valence-corrected chi connectivity index (χ3v) is 2.71. The molecule has 0 heterocycles. The van der Waals surface area contributed by atoms with Crippen molar-refractivity contribution in [1.82, 2.24) is 0 Å². The average Bonchev–Trinajstić information content (AvgIpc) is 2.01. The van der Waals surface area contributed by atoms with E-state index in [0.29, 0.717) is 0 Å². The number of unbranched alkanes of at least 4 members (excludes halogenated alkanes) is 1. The summed E-state index contributed by atoms with van der Waals surface area (Å²) in [4.78, 5) is 0. The van der Waals surface area contributed by atoms with Crippen LogP contribution in [0.25, 0.3) is 0 Å². The van der Waals surface area contributed by atoms with Crippen LogP contribution in [-0.2, 0) is 0 Å². The summed E-state index contributed by atoms with van der Waals surface area (Å²) >= 11 is 0. The molecule has 0 aliphatic rings. The monoisotopic (exact) mass is 194 g/mol. The average molecular weight is 194 g/mol. The fourth-order valence-electron chi connectivity index (χ4n) is 0.863. The van der Waals surface area contributed by atoms with Crippen LogP contribution in [0.4, 0.5) is 0 Å². The Balaban J connectivity index is 3.73. The van der Waals surface area contributed by atoms with Crippen LogP contribution in [0.2, 0.25) is 19.6 Å². The first-order valence-corrected chi connectivity index (χ1v) is 8.61. The molecule has 0 N–H and O–H groups in total. The molecule has 0 bridgehead atoms. The molecule has 0 fully saturated rings. The molecule has 0 spiro atoms. The van der Waals surface area contributed by atoms with Crippen molar-refractivity contribution >= 4 is 8.07 Å². The van der Waals surface area contributed by atoms with E-state index in [4.69, 9.17) is 0 Å². The van der Waals surface area contributed by atoms with Gasteiger partial charge in [-0.1, -0.05) is 38.2 Å². The lowest BCUT2D eigenvalue weighted by Crippen LogP contribution is -2.16. The largest absolute Gasteiger partial charge is 0.132 e. The van der Waals surface area contributed by atoms with Crippen LogP contribution >= 0.6 is 0 Å². The van der Waals surface area contributed by atoms with Gasteiger partial charge in [0, 0.05) is 6.42 Å². The molecule has 0 aromatic carbocycles. The van der Waals surface area contributed by atoms with E-state index in [1.54, 1.807) is 0 Å². The fourth-order valence-corrected chi connectivity index (χ4v) is 1.52. The van der Waals surface area contributed by atoms with Crippen molar-refractivity contribution in [2.75, 3.05) is 0 Å². The lowest BCUT2D eigenvalue weighted by atomic mass is 10.2. The van der Waals surface area contributed by atoms with E-state index in [0.717, 1.165) is 12.8 Å². The molecule has 0 rings (SSSR count). The van der Waals surface area contributed by atoms with Crippen molar-refractivity contribution < 1.29 is 0 Å². The maximum absolute atomic E-state index is 3.37. The van der Waals surface area contributed by atoms with Crippen LogP contribution in [0, 0.1) is 11.5 Å². The van der Waals surface area contributed by atoms with Gasteiger partial charge < -0.3 is 0 Å². The molecule has 0 aromatic heterocycles. The highest BCUT2D eigenvalue weighted by Gasteiger charge is 2.06. The second-order valence-electron chi connectivity index (χ2n) is 4.49. The first kappa shape index (κ1) is 12.5. The lowest BCUT2D eigenvalue weighted by molar-refractivity contribution is 1.02. The zero-order valence-corrected chi connectivity index (χ0v) is 10.7. The van der Waals surface area contributed by atoms with Crippen LogP contribution in [0.5, 0.6) is 0 Å². The zero-order valence-electron chi connectivity index (χ0n) is 9.70. The fraction of sp³-hybridized carbons (Fsp3) is 0.667. The maximum atomic E-state index is 3.37. The van der Waals surface area contributed by atoms with E-state index in [2.05, 4.69) is 51.0 Å². The Hall–Kier alpha value is -0.483. The molecule has 13 heavy (non-hydrogen) atoms. The van der Waals surface area contributed by atoms with Gasteiger partial charge in [-0.25, -0.2) is 0 Å². The first-order valence-electron chi connectivity index (χ1n) is 5.11. The minimum atomic E-state index is -1.12. The number of allylic oxidation sites excluding steroid dienone is 2. The van der Waals surface area contributed by atoms with E-state index in [1.807, 2.05) is 0 Å². The number of hydrogen-bond donors (Lipinski definition) is 0. The van der Waals surface area contributed by atoms with Gasteiger partial charge in [0.25, 0.3) is 0 Å². The molecular formula is C12H22Si. The molecule has 0 radical (unpaired) electrons. The maximum Gasteiger partial charge on any atom is 0.129 e. The Morgan fingerprint density at radius 1 is 1.31 bits per heavy atom. The number of hydrogen-bond acceptors (Lipinski definition) is 0. The quantitative estimate of drug-likeness (QED) is 0.276. The van der Waals surface area contributed by atoms with Gasteiger partial charge in [-0.2, -0.15) is 0 Å². The van der Waals surface area contributed by atoms with E-state index < -0.39 is 8.07 Å². The summed E-state index contributed by atoms with van der Waals surface area (Å²) in [5.41, 5.74) is 4.85. The molecule has 74 valence electrons. The summed E-state index contributed by atoms with van der Waals surface area (Å²) in [7, 11) is -1.12. The normalized spacial score (nSPS) is 12.2. The van der Waals surface area contributed by atoms with E-state index in [-0.39, 0.29) is 0 Å². The van der Waals surface area contributed by atoms with Gasteiger partial charge in [-0.3, -0.25) is 0 Å². The van der Waals surface area contributed by atoms with Crippen molar-refractivity contribution in [3.8, 4) is 11.5 Å². The highest BCUT2D eigenvalue weighted by atomic mass is 28.3. The molecule has 0 saturated heterocycles. The van der Waals surface area contributed by atoms with Gasteiger partial charge in [-0.15, -0.1) is 11.5 Å². The topological polar surface area (TPSA) is 0 Å². The SMILES string of the molecule is CC/C(C)=C\CCC#C[Si](C)(C)C. The summed E-state index contributed by atoms with van der Waals surface area (Å²) in [6.07, 6.45) is 5.62. The summed E-state index contributed by atoms with van der Waals surface area (Å²) in [5, 5.41) is 0. The molecule has 0 unspecified atom stereocenters. The van der Waals surface area contributed by atoms with Crippen LogP contribution in [0.3, 0.4) is 0 Å². The van der Waals surface area contributed by atoms with Crippen molar-refractivity contribution in [1.29, 1.82) is 0 Å². The Kier molecular flexibility index (Phi) is 5.82. The van der Waals surface area contributed by atoms with Gasteiger partial charge in [-0.05, 0) is 19.8 Å². The van der Waals surface area contributed by atoms with Gasteiger partial charge in [0.15, 0.2) is 0 Å². The zero-order chi connectivity index (χ0) is 10.3. The van der Waals surface area contributed by atoms with Gasteiger partial charge in [0.1, 0.15) is 8.07 Å². The minimum absolute atomic E-state index is 1.03. The van der Waals surface area contributed by atoms with Gasteiger partial charge in [0.05, 0.1) is 0 Å². The second kappa shape index (κ2) is 6.04. The molecule has 0 aliphatic heterocycles. The van der Waals surface area contributed by atoms with Gasteiger partial charge >= 0.3 is 0 Å². The molecule has 0 nitrogen and oxygen atoms in total. The Morgan fingerprint density at radius 3 is 2.38 bits per heavy atom. The molecule has 0 amide bonds. The lowest BCUT2D eigenvalue weighted by Gasteiger charge is -2.02. The Labute approximate surface area is 84.4 Å². The van der Waals surface area contributed by atoms with Crippen molar-refractivity contribution in [2.45, 2.75) is 52.8 Å². The summed E-state index contributed by atoms with van der Waals surface area (Å²) in [6.45, 7) is 11.2. The predicted octanol–water partition coefficient (Wildman–Crippen LogP) is 4.00. The molecule has 0 aromatic rings. The smallest absolute Gasteiger partial charge is 0.129 e. The standard InChI is InChI=1S/C12H22Si/c1-6-12(2)10-8-7-9-11-13(3,4)5/h10H,6-8H2,1-5H3/b12-10-. The van der Waals surface area contributed by atoms with E-state index >= 15 is 0 Å². The molecule has 0 atom stereocenters. The molecular weight excluding hydrogens is 172 g/mol. The third kappa shape index (κ3) is 9.43. The second-order valence-corrected chi connectivity index (χ2v) is 9.24. The van der Waals surface area contributed by atoms with E-state index in [1.165, 1.54) is 12.0 Å². The number of rotatable bonds is 3. The van der Waals surface area contributed by atoms with Crippen LogP contribution < -0.4 is 0 Å². The summed E-state index contributed by atoms with van der Waals surface area (Å²) in [6, 6.07) is 0. The summed E-state index contributed by atoms with van der Waals surface area (Å²) < 4.78 is 0. The molecule has 0 saturated carbocycles. The van der Waals surface area contributed by atoms with Crippen molar-refractivity contribution in [2.24, 2.45) is 0 Å². The third-order valence-electron chi connectivity index (χ3n) is 1.78. The Bertz CT molecular complexity index is 220.